The lowest BCUT2D eigenvalue weighted by molar-refractivity contribution is -0.113. The number of aromatic nitrogens is 3. The van der Waals surface area contributed by atoms with Gasteiger partial charge in [-0.25, -0.2) is 0 Å². The summed E-state index contributed by atoms with van der Waals surface area (Å²) >= 11 is 3.61. The van der Waals surface area contributed by atoms with Crippen LogP contribution in [0, 0.1) is 10.5 Å². The molecule has 0 aliphatic rings. The van der Waals surface area contributed by atoms with Gasteiger partial charge in [0.25, 0.3) is 0 Å². The van der Waals surface area contributed by atoms with Crippen molar-refractivity contribution < 1.29 is 4.79 Å². The second kappa shape index (κ2) is 8.68. The first-order valence-electron chi connectivity index (χ1n) is 8.26. The van der Waals surface area contributed by atoms with Gasteiger partial charge in [0.1, 0.15) is 0 Å². The molecule has 0 saturated carbocycles. The molecule has 0 aliphatic heterocycles. The predicted octanol–water partition coefficient (Wildman–Crippen LogP) is 4.61. The molecule has 0 radical (unpaired) electrons. The van der Waals surface area contributed by atoms with Crippen LogP contribution in [0.3, 0.4) is 0 Å². The van der Waals surface area contributed by atoms with Crippen molar-refractivity contribution in [3.8, 4) is 11.4 Å². The van der Waals surface area contributed by atoms with Gasteiger partial charge >= 0.3 is 0 Å². The van der Waals surface area contributed by atoms with Gasteiger partial charge in [0.2, 0.25) is 5.91 Å². The molecule has 2 aromatic carbocycles. The van der Waals surface area contributed by atoms with E-state index in [1.54, 1.807) is 0 Å². The summed E-state index contributed by atoms with van der Waals surface area (Å²) in [5.41, 5.74) is 3.05. The average Bonchev–Trinajstić information content (AvgIpc) is 3.05. The number of para-hydroxylation sites is 1. The minimum absolute atomic E-state index is 0.0538. The van der Waals surface area contributed by atoms with Gasteiger partial charge in [0.15, 0.2) is 11.0 Å². The summed E-state index contributed by atoms with van der Waals surface area (Å²) < 4.78 is 3.06. The maximum atomic E-state index is 12.3. The molecule has 0 aliphatic carbocycles. The molecule has 1 N–H and O–H groups in total. The zero-order valence-corrected chi connectivity index (χ0v) is 17.5. The smallest absolute Gasteiger partial charge is 0.234 e. The van der Waals surface area contributed by atoms with Crippen LogP contribution in [0.4, 0.5) is 5.69 Å². The van der Waals surface area contributed by atoms with Crippen molar-refractivity contribution in [1.29, 1.82) is 0 Å². The number of rotatable bonds is 6. The SMILES string of the molecule is CCn1c(SCC(=O)Nc2ccccc2I)nnc1-c1cccc(C)c1. The molecule has 0 bridgehead atoms. The third-order valence-electron chi connectivity index (χ3n) is 3.79. The van der Waals surface area contributed by atoms with Crippen LogP contribution in [0.1, 0.15) is 12.5 Å². The highest BCUT2D eigenvalue weighted by molar-refractivity contribution is 14.1. The molecule has 134 valence electrons. The van der Waals surface area contributed by atoms with E-state index in [1.165, 1.54) is 17.3 Å². The Kier molecular flexibility index (Phi) is 6.31. The third-order valence-corrected chi connectivity index (χ3v) is 5.70. The highest BCUT2D eigenvalue weighted by atomic mass is 127. The number of nitrogens with zero attached hydrogens (tertiary/aromatic N) is 3. The van der Waals surface area contributed by atoms with Crippen LogP contribution in [0.15, 0.2) is 53.7 Å². The molecular weight excluding hydrogens is 459 g/mol. The lowest BCUT2D eigenvalue weighted by Gasteiger charge is -2.09. The summed E-state index contributed by atoms with van der Waals surface area (Å²) in [4.78, 5) is 12.3. The second-order valence-electron chi connectivity index (χ2n) is 5.74. The first-order chi connectivity index (χ1) is 12.6. The van der Waals surface area contributed by atoms with E-state index < -0.39 is 0 Å². The van der Waals surface area contributed by atoms with Crippen molar-refractivity contribution in [2.24, 2.45) is 0 Å². The topological polar surface area (TPSA) is 59.8 Å². The molecule has 1 heterocycles. The molecule has 1 aromatic heterocycles. The number of hydrogen-bond donors (Lipinski definition) is 1. The van der Waals surface area contributed by atoms with Gasteiger partial charge in [0.05, 0.1) is 11.4 Å². The van der Waals surface area contributed by atoms with Gasteiger partial charge in [0, 0.05) is 15.7 Å². The number of benzene rings is 2. The third kappa shape index (κ3) is 4.45. The average molecular weight is 478 g/mol. The minimum Gasteiger partial charge on any atom is -0.324 e. The van der Waals surface area contributed by atoms with Crippen molar-refractivity contribution in [2.45, 2.75) is 25.5 Å². The second-order valence-corrected chi connectivity index (χ2v) is 7.84. The van der Waals surface area contributed by atoms with Crippen LogP contribution in [0.25, 0.3) is 11.4 Å². The number of carbonyl (C=O) groups excluding carboxylic acids is 1. The van der Waals surface area contributed by atoms with E-state index in [9.17, 15) is 4.79 Å². The summed E-state index contributed by atoms with van der Waals surface area (Å²) in [6.07, 6.45) is 0. The fourth-order valence-corrected chi connectivity index (χ4v) is 3.88. The van der Waals surface area contributed by atoms with E-state index in [1.807, 2.05) is 41.0 Å². The molecule has 3 rings (SSSR count). The molecule has 26 heavy (non-hydrogen) atoms. The van der Waals surface area contributed by atoms with Crippen LogP contribution in [-0.2, 0) is 11.3 Å². The highest BCUT2D eigenvalue weighted by Gasteiger charge is 2.15. The monoisotopic (exact) mass is 478 g/mol. The summed E-state index contributed by atoms with van der Waals surface area (Å²) in [5.74, 6) is 1.07. The van der Waals surface area contributed by atoms with Crippen LogP contribution in [0.2, 0.25) is 0 Å². The first-order valence-corrected chi connectivity index (χ1v) is 10.3. The molecule has 0 spiro atoms. The Bertz CT molecular complexity index is 925. The zero-order chi connectivity index (χ0) is 18.5. The number of thioether (sulfide) groups is 1. The van der Waals surface area contributed by atoms with Crippen molar-refractivity contribution >= 4 is 45.9 Å². The van der Waals surface area contributed by atoms with Gasteiger partial charge < -0.3 is 9.88 Å². The van der Waals surface area contributed by atoms with E-state index in [0.29, 0.717) is 0 Å². The lowest BCUT2D eigenvalue weighted by Crippen LogP contribution is -2.15. The Balaban J connectivity index is 1.71. The van der Waals surface area contributed by atoms with Gasteiger partial charge in [-0.15, -0.1) is 10.2 Å². The summed E-state index contributed by atoms with van der Waals surface area (Å²) in [5, 5.41) is 12.3. The molecule has 7 heteroatoms. The first kappa shape index (κ1) is 18.9. The summed E-state index contributed by atoms with van der Waals surface area (Å²) in [6.45, 7) is 4.86. The molecule has 3 aromatic rings. The normalized spacial score (nSPS) is 10.7. The molecule has 0 atom stereocenters. The van der Waals surface area contributed by atoms with E-state index in [2.05, 4.69) is 64.1 Å². The Morgan fingerprint density at radius 3 is 2.73 bits per heavy atom. The quantitative estimate of drug-likeness (QED) is 0.416. The maximum absolute atomic E-state index is 12.3. The van der Waals surface area contributed by atoms with Crippen LogP contribution < -0.4 is 5.32 Å². The molecule has 0 unspecified atom stereocenters. The van der Waals surface area contributed by atoms with Crippen molar-refractivity contribution in [2.75, 3.05) is 11.1 Å². The predicted molar refractivity (Wildman–Crippen MR) is 114 cm³/mol. The molecule has 1 amide bonds. The number of carbonyl (C=O) groups is 1. The number of hydrogen-bond acceptors (Lipinski definition) is 4. The number of halogens is 1. The zero-order valence-electron chi connectivity index (χ0n) is 14.6. The minimum atomic E-state index is -0.0538. The van der Waals surface area contributed by atoms with E-state index in [0.717, 1.165) is 32.3 Å². The van der Waals surface area contributed by atoms with Crippen LogP contribution >= 0.6 is 34.4 Å². The van der Waals surface area contributed by atoms with Crippen molar-refractivity contribution in [1.82, 2.24) is 14.8 Å². The molecular formula is C19H19IN4OS. The number of amides is 1. The largest absolute Gasteiger partial charge is 0.324 e. The number of nitrogens with one attached hydrogen (secondary N) is 1. The van der Waals surface area contributed by atoms with Crippen LogP contribution in [0.5, 0.6) is 0 Å². The van der Waals surface area contributed by atoms with Crippen molar-refractivity contribution in [3.05, 3.63) is 57.7 Å². The fourth-order valence-electron chi connectivity index (χ4n) is 2.56. The van der Waals surface area contributed by atoms with Gasteiger partial charge in [-0.05, 0) is 54.6 Å². The molecule has 5 nitrogen and oxygen atoms in total. The standard InChI is InChI=1S/C19H19IN4OS/c1-3-24-18(14-8-6-7-13(2)11-14)22-23-19(24)26-12-17(25)21-16-10-5-4-9-15(16)20/h4-11H,3,12H2,1-2H3,(H,21,25). The Hall–Kier alpha value is -1.87. The summed E-state index contributed by atoms with van der Waals surface area (Å²) in [6, 6.07) is 15.9. The van der Waals surface area contributed by atoms with Gasteiger partial charge in [-0.3, -0.25) is 4.79 Å². The summed E-state index contributed by atoms with van der Waals surface area (Å²) in [7, 11) is 0. The van der Waals surface area contributed by atoms with Gasteiger partial charge in [-0.1, -0.05) is 47.7 Å². The maximum Gasteiger partial charge on any atom is 0.234 e. The Morgan fingerprint density at radius 1 is 1.19 bits per heavy atom. The van der Waals surface area contributed by atoms with Crippen molar-refractivity contribution in [3.63, 3.8) is 0 Å². The van der Waals surface area contributed by atoms with Crippen LogP contribution in [-0.4, -0.2) is 26.4 Å². The molecule has 0 saturated heterocycles. The highest BCUT2D eigenvalue weighted by Crippen LogP contribution is 2.25. The number of aryl methyl sites for hydroxylation is 1. The van der Waals surface area contributed by atoms with E-state index >= 15 is 0 Å². The van der Waals surface area contributed by atoms with Gasteiger partial charge in [-0.2, -0.15) is 0 Å². The Labute approximate surface area is 170 Å². The Morgan fingerprint density at radius 2 is 2.00 bits per heavy atom. The fraction of sp³-hybridized carbons (Fsp3) is 0.211. The lowest BCUT2D eigenvalue weighted by atomic mass is 10.1. The van der Waals surface area contributed by atoms with E-state index in [-0.39, 0.29) is 11.7 Å². The molecule has 0 fully saturated rings. The number of anilines is 1. The van der Waals surface area contributed by atoms with E-state index in [4.69, 9.17) is 0 Å².